The van der Waals surface area contributed by atoms with Gasteiger partial charge >= 0.3 is 0 Å². The van der Waals surface area contributed by atoms with Gasteiger partial charge in [0, 0.05) is 10.2 Å². The molecule has 0 aliphatic heterocycles. The summed E-state index contributed by atoms with van der Waals surface area (Å²) < 4.78 is 1.01. The van der Waals surface area contributed by atoms with Crippen LogP contribution in [-0.2, 0) is 4.79 Å². The third-order valence-electron chi connectivity index (χ3n) is 2.24. The van der Waals surface area contributed by atoms with Crippen molar-refractivity contribution in [1.82, 2.24) is 0 Å². The molecule has 0 aromatic heterocycles. The number of hydrogen-bond acceptors (Lipinski definition) is 2. The van der Waals surface area contributed by atoms with Crippen LogP contribution in [0.15, 0.2) is 28.7 Å². The summed E-state index contributed by atoms with van der Waals surface area (Å²) in [5, 5.41) is 3.14. The molecule has 0 radical (unpaired) electrons. The normalized spacial score (nSPS) is 12.5. The van der Waals surface area contributed by atoms with E-state index in [-0.39, 0.29) is 11.9 Å². The summed E-state index contributed by atoms with van der Waals surface area (Å²) in [4.78, 5) is 11.3. The lowest BCUT2D eigenvalue weighted by Gasteiger charge is -2.18. The zero-order valence-corrected chi connectivity index (χ0v) is 11.1. The van der Waals surface area contributed by atoms with Crippen LogP contribution >= 0.6 is 15.9 Å². The van der Waals surface area contributed by atoms with Gasteiger partial charge < -0.3 is 11.1 Å². The Hall–Kier alpha value is -1.03. The van der Waals surface area contributed by atoms with Gasteiger partial charge in [-0.3, -0.25) is 4.79 Å². The highest BCUT2D eigenvalue weighted by Gasteiger charge is 2.16. The van der Waals surface area contributed by atoms with Crippen molar-refractivity contribution >= 4 is 27.5 Å². The zero-order chi connectivity index (χ0) is 12.1. The standard InChI is InChI=1S/C12H17BrN2O/c1-8(2)7-11(12(14)16)15-10-5-3-9(13)4-6-10/h3-6,8,11,15H,7H2,1-2H3,(H2,14,16). The van der Waals surface area contributed by atoms with Crippen molar-refractivity contribution in [2.24, 2.45) is 11.7 Å². The molecule has 88 valence electrons. The average molecular weight is 285 g/mol. The third-order valence-corrected chi connectivity index (χ3v) is 2.76. The number of carbonyl (C=O) groups excluding carboxylic acids is 1. The van der Waals surface area contributed by atoms with Crippen LogP contribution in [0.2, 0.25) is 0 Å². The molecule has 16 heavy (non-hydrogen) atoms. The number of primary amides is 1. The molecule has 1 aromatic carbocycles. The van der Waals surface area contributed by atoms with Gasteiger partial charge in [-0.1, -0.05) is 29.8 Å². The molecule has 0 saturated heterocycles. The van der Waals surface area contributed by atoms with Gasteiger partial charge in [-0.05, 0) is 36.6 Å². The molecule has 1 unspecified atom stereocenters. The van der Waals surface area contributed by atoms with Crippen molar-refractivity contribution in [2.75, 3.05) is 5.32 Å². The van der Waals surface area contributed by atoms with Gasteiger partial charge in [0.2, 0.25) is 5.91 Å². The van der Waals surface area contributed by atoms with E-state index in [0.29, 0.717) is 5.92 Å². The Morgan fingerprint density at radius 1 is 1.38 bits per heavy atom. The van der Waals surface area contributed by atoms with Crippen LogP contribution in [0.3, 0.4) is 0 Å². The molecule has 1 rings (SSSR count). The lowest BCUT2D eigenvalue weighted by Crippen LogP contribution is -2.36. The monoisotopic (exact) mass is 284 g/mol. The van der Waals surface area contributed by atoms with E-state index < -0.39 is 0 Å². The summed E-state index contributed by atoms with van der Waals surface area (Å²) in [5.41, 5.74) is 6.26. The Kier molecular flexibility index (Phi) is 4.80. The number of nitrogens with one attached hydrogen (secondary N) is 1. The molecule has 0 spiro atoms. The molecule has 1 aromatic rings. The lowest BCUT2D eigenvalue weighted by atomic mass is 10.0. The second kappa shape index (κ2) is 5.89. The van der Waals surface area contributed by atoms with E-state index in [9.17, 15) is 4.79 Å². The highest BCUT2D eigenvalue weighted by molar-refractivity contribution is 9.10. The molecule has 0 fully saturated rings. The van der Waals surface area contributed by atoms with E-state index in [4.69, 9.17) is 5.73 Å². The maximum atomic E-state index is 11.3. The predicted octanol–water partition coefficient (Wildman–Crippen LogP) is 2.76. The summed E-state index contributed by atoms with van der Waals surface area (Å²) in [5.74, 6) is 0.122. The molecule has 0 saturated carbocycles. The van der Waals surface area contributed by atoms with Gasteiger partial charge in [0.05, 0.1) is 0 Å². The second-order valence-corrected chi connectivity index (χ2v) is 5.15. The number of benzene rings is 1. The highest BCUT2D eigenvalue weighted by atomic mass is 79.9. The van der Waals surface area contributed by atoms with Crippen molar-refractivity contribution in [3.8, 4) is 0 Å². The number of amides is 1. The number of hydrogen-bond donors (Lipinski definition) is 2. The molecular weight excluding hydrogens is 268 g/mol. The van der Waals surface area contributed by atoms with Crippen LogP contribution in [0, 0.1) is 5.92 Å². The van der Waals surface area contributed by atoms with Gasteiger partial charge in [0.25, 0.3) is 0 Å². The molecule has 1 amide bonds. The van der Waals surface area contributed by atoms with Crippen LogP contribution in [0.4, 0.5) is 5.69 Å². The quantitative estimate of drug-likeness (QED) is 0.874. The van der Waals surface area contributed by atoms with Gasteiger partial charge in [0.15, 0.2) is 0 Å². The van der Waals surface area contributed by atoms with Crippen LogP contribution < -0.4 is 11.1 Å². The van der Waals surface area contributed by atoms with Gasteiger partial charge in [-0.15, -0.1) is 0 Å². The Morgan fingerprint density at radius 3 is 2.38 bits per heavy atom. The number of anilines is 1. The van der Waals surface area contributed by atoms with Crippen LogP contribution in [0.5, 0.6) is 0 Å². The van der Waals surface area contributed by atoms with E-state index >= 15 is 0 Å². The first-order valence-electron chi connectivity index (χ1n) is 5.30. The highest BCUT2D eigenvalue weighted by Crippen LogP contribution is 2.16. The molecule has 4 heteroatoms. The molecule has 0 aliphatic carbocycles. The first kappa shape index (κ1) is 13.0. The summed E-state index contributed by atoms with van der Waals surface area (Å²) >= 11 is 3.36. The van der Waals surface area contributed by atoms with Gasteiger partial charge in [-0.25, -0.2) is 0 Å². The Labute approximate surface area is 105 Å². The van der Waals surface area contributed by atoms with E-state index in [0.717, 1.165) is 16.6 Å². The van der Waals surface area contributed by atoms with Gasteiger partial charge in [0.1, 0.15) is 6.04 Å². The van der Waals surface area contributed by atoms with Crippen molar-refractivity contribution in [3.05, 3.63) is 28.7 Å². The van der Waals surface area contributed by atoms with Crippen LogP contribution in [0.1, 0.15) is 20.3 Å². The van der Waals surface area contributed by atoms with Crippen LogP contribution in [-0.4, -0.2) is 11.9 Å². The van der Waals surface area contributed by atoms with Crippen molar-refractivity contribution < 1.29 is 4.79 Å². The molecule has 0 bridgehead atoms. The fourth-order valence-corrected chi connectivity index (χ4v) is 1.73. The first-order chi connectivity index (χ1) is 7.49. The summed E-state index contributed by atoms with van der Waals surface area (Å²) in [6.07, 6.45) is 0.741. The van der Waals surface area contributed by atoms with Crippen LogP contribution in [0.25, 0.3) is 0 Å². The predicted molar refractivity (Wildman–Crippen MR) is 70.2 cm³/mol. The van der Waals surface area contributed by atoms with Crippen molar-refractivity contribution in [1.29, 1.82) is 0 Å². The third kappa shape index (κ3) is 4.23. The van der Waals surface area contributed by atoms with Crippen molar-refractivity contribution in [3.63, 3.8) is 0 Å². The minimum absolute atomic E-state index is 0.304. The lowest BCUT2D eigenvalue weighted by molar-refractivity contribution is -0.119. The number of halogens is 1. The minimum Gasteiger partial charge on any atom is -0.374 e. The smallest absolute Gasteiger partial charge is 0.239 e. The fraction of sp³-hybridized carbons (Fsp3) is 0.417. The van der Waals surface area contributed by atoms with E-state index in [2.05, 4.69) is 35.1 Å². The molecule has 1 atom stereocenters. The average Bonchev–Trinajstić information content (AvgIpc) is 2.19. The Balaban J connectivity index is 2.68. The van der Waals surface area contributed by atoms with Crippen molar-refractivity contribution in [2.45, 2.75) is 26.3 Å². The zero-order valence-electron chi connectivity index (χ0n) is 9.53. The van der Waals surface area contributed by atoms with E-state index in [1.54, 1.807) is 0 Å². The molecule has 3 nitrogen and oxygen atoms in total. The SMILES string of the molecule is CC(C)CC(Nc1ccc(Br)cc1)C(N)=O. The topological polar surface area (TPSA) is 55.1 Å². The maximum Gasteiger partial charge on any atom is 0.239 e. The number of rotatable bonds is 5. The molecule has 0 aliphatic rings. The largest absolute Gasteiger partial charge is 0.374 e. The maximum absolute atomic E-state index is 11.3. The Bertz CT molecular complexity index is 349. The number of carbonyl (C=O) groups is 1. The first-order valence-corrected chi connectivity index (χ1v) is 6.09. The number of nitrogens with two attached hydrogens (primary N) is 1. The van der Waals surface area contributed by atoms with E-state index in [1.807, 2.05) is 24.3 Å². The molecule has 3 N–H and O–H groups in total. The second-order valence-electron chi connectivity index (χ2n) is 4.24. The fourth-order valence-electron chi connectivity index (χ4n) is 1.46. The minimum atomic E-state index is -0.309. The summed E-state index contributed by atoms with van der Waals surface area (Å²) in [7, 11) is 0. The Morgan fingerprint density at radius 2 is 1.94 bits per heavy atom. The summed E-state index contributed by atoms with van der Waals surface area (Å²) in [6.45, 7) is 4.14. The summed E-state index contributed by atoms with van der Waals surface area (Å²) in [6, 6.07) is 7.38. The molecular formula is C12H17BrN2O. The molecule has 0 heterocycles. The van der Waals surface area contributed by atoms with Gasteiger partial charge in [-0.2, -0.15) is 0 Å². The van der Waals surface area contributed by atoms with E-state index in [1.165, 1.54) is 0 Å².